The SMILES string of the molecule is O=C(O)CNC(=O)CSc1cccc(CCNS(=O)(=O)c2ccc(Cl)cc2)c1. The lowest BCUT2D eigenvalue weighted by molar-refractivity contribution is -0.137. The van der Waals surface area contributed by atoms with Crippen LogP contribution in [0.4, 0.5) is 0 Å². The molecule has 0 aliphatic rings. The lowest BCUT2D eigenvalue weighted by atomic mass is 10.2. The van der Waals surface area contributed by atoms with Gasteiger partial charge in [-0.25, -0.2) is 13.1 Å². The first-order chi connectivity index (χ1) is 13.3. The van der Waals surface area contributed by atoms with Crippen LogP contribution in [0.25, 0.3) is 0 Å². The second-order valence-electron chi connectivity index (χ2n) is 5.71. The maximum Gasteiger partial charge on any atom is 0.322 e. The summed E-state index contributed by atoms with van der Waals surface area (Å²) in [7, 11) is -3.61. The molecule has 28 heavy (non-hydrogen) atoms. The van der Waals surface area contributed by atoms with E-state index >= 15 is 0 Å². The molecule has 150 valence electrons. The molecule has 0 aliphatic carbocycles. The van der Waals surface area contributed by atoms with E-state index in [-0.39, 0.29) is 23.1 Å². The number of carboxylic acids is 1. The number of halogens is 1. The van der Waals surface area contributed by atoms with Crippen molar-refractivity contribution >= 4 is 45.3 Å². The minimum Gasteiger partial charge on any atom is -0.480 e. The highest BCUT2D eigenvalue weighted by Gasteiger charge is 2.13. The van der Waals surface area contributed by atoms with Crippen molar-refractivity contribution in [2.45, 2.75) is 16.2 Å². The van der Waals surface area contributed by atoms with Gasteiger partial charge >= 0.3 is 5.97 Å². The number of hydrogen-bond donors (Lipinski definition) is 3. The standard InChI is InChI=1S/C18H19ClN2O5S2/c19-14-4-6-16(7-5-14)28(25,26)21-9-8-13-2-1-3-15(10-13)27-12-17(22)20-11-18(23)24/h1-7,10,21H,8-9,11-12H2,(H,20,22)(H,23,24). The Bertz CT molecular complexity index is 933. The van der Waals surface area contributed by atoms with Crippen molar-refractivity contribution in [1.29, 1.82) is 0 Å². The highest BCUT2D eigenvalue weighted by Crippen LogP contribution is 2.19. The molecule has 7 nitrogen and oxygen atoms in total. The molecule has 0 spiro atoms. The number of amides is 1. The van der Waals surface area contributed by atoms with E-state index in [9.17, 15) is 18.0 Å². The lowest BCUT2D eigenvalue weighted by Gasteiger charge is -2.08. The topological polar surface area (TPSA) is 113 Å². The number of carbonyl (C=O) groups excluding carboxylic acids is 1. The molecule has 0 heterocycles. The maximum atomic E-state index is 12.2. The molecule has 0 unspecified atom stereocenters. The fourth-order valence-corrected chi connectivity index (χ4v) is 4.16. The summed E-state index contributed by atoms with van der Waals surface area (Å²) in [5.74, 6) is -1.37. The van der Waals surface area contributed by atoms with Crippen molar-refractivity contribution in [3.63, 3.8) is 0 Å². The average molecular weight is 443 g/mol. The number of thioether (sulfide) groups is 1. The highest BCUT2D eigenvalue weighted by molar-refractivity contribution is 8.00. The minimum atomic E-state index is -3.61. The zero-order chi connectivity index (χ0) is 20.6. The van der Waals surface area contributed by atoms with Crippen molar-refractivity contribution in [3.05, 3.63) is 59.1 Å². The Kier molecular flexibility index (Phi) is 8.31. The molecule has 0 saturated heterocycles. The van der Waals surface area contributed by atoms with Crippen LogP contribution in [-0.2, 0) is 26.0 Å². The third kappa shape index (κ3) is 7.51. The number of aliphatic carboxylic acids is 1. The Morgan fingerprint density at radius 2 is 1.82 bits per heavy atom. The lowest BCUT2D eigenvalue weighted by Crippen LogP contribution is -2.30. The first kappa shape index (κ1) is 22.2. The van der Waals surface area contributed by atoms with Gasteiger partial charge in [-0.3, -0.25) is 9.59 Å². The number of benzene rings is 2. The van der Waals surface area contributed by atoms with Gasteiger partial charge in [0.25, 0.3) is 0 Å². The van der Waals surface area contributed by atoms with Crippen LogP contribution in [0.1, 0.15) is 5.56 Å². The van der Waals surface area contributed by atoms with Gasteiger partial charge in [0.15, 0.2) is 0 Å². The average Bonchev–Trinajstić information content (AvgIpc) is 2.65. The molecule has 2 aromatic carbocycles. The Labute approximate surface area is 172 Å². The van der Waals surface area contributed by atoms with Gasteiger partial charge in [-0.05, 0) is 48.4 Å². The summed E-state index contributed by atoms with van der Waals surface area (Å²) in [6, 6.07) is 13.3. The number of carbonyl (C=O) groups is 2. The fraction of sp³-hybridized carbons (Fsp3) is 0.222. The van der Waals surface area contributed by atoms with E-state index in [4.69, 9.17) is 16.7 Å². The monoisotopic (exact) mass is 442 g/mol. The Morgan fingerprint density at radius 1 is 1.11 bits per heavy atom. The fourth-order valence-electron chi connectivity index (χ4n) is 2.19. The van der Waals surface area contributed by atoms with Crippen LogP contribution < -0.4 is 10.0 Å². The van der Waals surface area contributed by atoms with Crippen molar-refractivity contribution in [1.82, 2.24) is 10.0 Å². The highest BCUT2D eigenvalue weighted by atomic mass is 35.5. The van der Waals surface area contributed by atoms with E-state index in [0.29, 0.717) is 11.4 Å². The maximum absolute atomic E-state index is 12.2. The first-order valence-electron chi connectivity index (χ1n) is 8.22. The van der Waals surface area contributed by atoms with Crippen LogP contribution in [0.15, 0.2) is 58.3 Å². The van der Waals surface area contributed by atoms with Crippen LogP contribution >= 0.6 is 23.4 Å². The molecule has 1 amide bonds. The van der Waals surface area contributed by atoms with E-state index in [1.54, 1.807) is 0 Å². The van der Waals surface area contributed by atoms with Gasteiger partial charge in [-0.1, -0.05) is 23.7 Å². The molecule has 10 heteroatoms. The third-order valence-electron chi connectivity index (χ3n) is 3.53. The molecular weight excluding hydrogens is 424 g/mol. The van der Waals surface area contributed by atoms with E-state index in [1.807, 2.05) is 24.3 Å². The number of hydrogen-bond acceptors (Lipinski definition) is 5. The summed E-state index contributed by atoms with van der Waals surface area (Å²) in [5, 5.41) is 11.3. The zero-order valence-electron chi connectivity index (χ0n) is 14.7. The Hall–Kier alpha value is -2.07. The smallest absolute Gasteiger partial charge is 0.322 e. The molecule has 0 aromatic heterocycles. The predicted octanol–water partition coefficient (Wildman–Crippen LogP) is 2.15. The van der Waals surface area contributed by atoms with Crippen molar-refractivity contribution < 1.29 is 23.1 Å². The third-order valence-corrected chi connectivity index (χ3v) is 6.26. The van der Waals surface area contributed by atoms with Crippen molar-refractivity contribution in [2.75, 3.05) is 18.8 Å². The second-order valence-corrected chi connectivity index (χ2v) is 8.96. The van der Waals surface area contributed by atoms with Gasteiger partial charge in [-0.2, -0.15) is 0 Å². The van der Waals surface area contributed by atoms with Gasteiger partial charge in [0, 0.05) is 16.5 Å². The summed E-state index contributed by atoms with van der Waals surface area (Å²) in [5.41, 5.74) is 0.912. The van der Waals surface area contributed by atoms with Gasteiger partial charge < -0.3 is 10.4 Å². The Morgan fingerprint density at radius 3 is 2.50 bits per heavy atom. The molecule has 0 radical (unpaired) electrons. The van der Waals surface area contributed by atoms with E-state index < -0.39 is 22.5 Å². The molecule has 2 rings (SSSR count). The number of nitrogens with one attached hydrogen (secondary N) is 2. The van der Waals surface area contributed by atoms with Gasteiger partial charge in [0.05, 0.1) is 10.6 Å². The van der Waals surface area contributed by atoms with Crippen LogP contribution in [0.3, 0.4) is 0 Å². The summed E-state index contributed by atoms with van der Waals surface area (Å²) in [4.78, 5) is 23.0. The van der Waals surface area contributed by atoms with Crippen LogP contribution in [0.2, 0.25) is 5.02 Å². The quantitative estimate of drug-likeness (QED) is 0.486. The zero-order valence-corrected chi connectivity index (χ0v) is 17.1. The van der Waals surface area contributed by atoms with Crippen LogP contribution in [0, 0.1) is 0 Å². The summed E-state index contributed by atoms with van der Waals surface area (Å²) >= 11 is 7.04. The molecule has 0 fully saturated rings. The second kappa shape index (κ2) is 10.5. The molecule has 3 N–H and O–H groups in total. The van der Waals surface area contributed by atoms with Crippen molar-refractivity contribution in [2.24, 2.45) is 0 Å². The summed E-state index contributed by atoms with van der Waals surface area (Å²) in [6.07, 6.45) is 0.479. The largest absolute Gasteiger partial charge is 0.480 e. The van der Waals surface area contributed by atoms with E-state index in [0.717, 1.165) is 10.5 Å². The van der Waals surface area contributed by atoms with Gasteiger partial charge in [0.1, 0.15) is 6.54 Å². The number of sulfonamides is 1. The van der Waals surface area contributed by atoms with Crippen LogP contribution in [0.5, 0.6) is 0 Å². The van der Waals surface area contributed by atoms with E-state index in [1.165, 1.54) is 36.0 Å². The first-order valence-corrected chi connectivity index (χ1v) is 11.1. The number of rotatable bonds is 10. The molecule has 0 atom stereocenters. The van der Waals surface area contributed by atoms with Gasteiger partial charge in [0.2, 0.25) is 15.9 Å². The molecule has 0 bridgehead atoms. The number of carboxylic acid groups (broad SMARTS) is 1. The summed E-state index contributed by atoms with van der Waals surface area (Å²) in [6.45, 7) is -0.189. The normalized spacial score (nSPS) is 11.2. The van der Waals surface area contributed by atoms with E-state index in [2.05, 4.69) is 10.0 Å². The Balaban J connectivity index is 1.84. The van der Waals surface area contributed by atoms with Gasteiger partial charge in [-0.15, -0.1) is 11.8 Å². The summed E-state index contributed by atoms with van der Waals surface area (Å²) < 4.78 is 27.0. The molecule has 0 saturated carbocycles. The van der Waals surface area contributed by atoms with Crippen LogP contribution in [-0.4, -0.2) is 44.2 Å². The minimum absolute atomic E-state index is 0.0972. The molecular formula is C18H19ClN2O5S2. The molecule has 2 aromatic rings. The molecule has 0 aliphatic heterocycles. The predicted molar refractivity (Wildman–Crippen MR) is 108 cm³/mol. The van der Waals surface area contributed by atoms with Crippen molar-refractivity contribution in [3.8, 4) is 0 Å².